The second-order valence-corrected chi connectivity index (χ2v) is 5.63. The third-order valence-corrected chi connectivity index (χ3v) is 3.81. The molecule has 2 aliphatic rings. The lowest BCUT2D eigenvalue weighted by Crippen LogP contribution is -2.47. The van der Waals surface area contributed by atoms with Crippen molar-refractivity contribution in [1.82, 2.24) is 5.43 Å². The summed E-state index contributed by atoms with van der Waals surface area (Å²) in [6.45, 7) is 1.27. The monoisotopic (exact) mass is 344 g/mol. The molecule has 0 spiro atoms. The van der Waals surface area contributed by atoms with Gasteiger partial charge < -0.3 is 10.1 Å². The zero-order chi connectivity index (χ0) is 18.0. The molecule has 1 aromatic carbocycles. The SMILES string of the molecule is C[C@H](OC(=O)C1=NNC(=O)CC1)C(=O)N1CC(=O)Nc2ccccc21. The van der Waals surface area contributed by atoms with Gasteiger partial charge in [-0.2, -0.15) is 5.10 Å². The van der Waals surface area contributed by atoms with Crippen LogP contribution in [0.4, 0.5) is 11.4 Å². The second kappa shape index (κ2) is 6.71. The van der Waals surface area contributed by atoms with Crippen molar-refractivity contribution < 1.29 is 23.9 Å². The molecule has 0 radical (unpaired) electrons. The molecule has 3 amide bonds. The molecule has 9 nitrogen and oxygen atoms in total. The number of esters is 1. The van der Waals surface area contributed by atoms with Crippen molar-refractivity contribution in [2.75, 3.05) is 16.8 Å². The first-order valence-electron chi connectivity index (χ1n) is 7.72. The van der Waals surface area contributed by atoms with Gasteiger partial charge in [-0.1, -0.05) is 12.1 Å². The van der Waals surface area contributed by atoms with Crippen LogP contribution in [0.2, 0.25) is 0 Å². The molecule has 1 aromatic rings. The van der Waals surface area contributed by atoms with E-state index in [0.29, 0.717) is 11.4 Å². The Balaban J connectivity index is 1.71. The van der Waals surface area contributed by atoms with Gasteiger partial charge in [-0.15, -0.1) is 0 Å². The van der Waals surface area contributed by atoms with Gasteiger partial charge in [0, 0.05) is 12.8 Å². The number of ether oxygens (including phenoxy) is 1. The average Bonchev–Trinajstić information content (AvgIpc) is 2.60. The molecular weight excluding hydrogens is 328 g/mol. The normalized spacial score (nSPS) is 17.6. The van der Waals surface area contributed by atoms with Crippen LogP contribution in [0.3, 0.4) is 0 Å². The fraction of sp³-hybridized carbons (Fsp3) is 0.312. The Morgan fingerprint density at radius 2 is 1.96 bits per heavy atom. The van der Waals surface area contributed by atoms with E-state index in [4.69, 9.17) is 4.74 Å². The number of anilines is 2. The Morgan fingerprint density at radius 3 is 2.68 bits per heavy atom. The van der Waals surface area contributed by atoms with Crippen molar-refractivity contribution in [3.8, 4) is 0 Å². The summed E-state index contributed by atoms with van der Waals surface area (Å²) in [6.07, 6.45) is -0.817. The lowest BCUT2D eigenvalue weighted by molar-refractivity contribution is -0.147. The molecule has 0 aliphatic carbocycles. The summed E-state index contributed by atoms with van der Waals surface area (Å²) in [5.74, 6) is -1.90. The van der Waals surface area contributed by atoms with Gasteiger partial charge in [0.05, 0.1) is 11.4 Å². The van der Waals surface area contributed by atoms with Crippen LogP contribution >= 0.6 is 0 Å². The minimum absolute atomic E-state index is 0.0519. The van der Waals surface area contributed by atoms with Gasteiger partial charge in [-0.25, -0.2) is 10.2 Å². The van der Waals surface area contributed by atoms with Gasteiger partial charge in [-0.3, -0.25) is 19.3 Å². The third kappa shape index (κ3) is 3.49. The number of benzene rings is 1. The highest BCUT2D eigenvalue weighted by molar-refractivity contribution is 6.37. The number of amides is 3. The predicted octanol–water partition coefficient (Wildman–Crippen LogP) is 0.169. The summed E-state index contributed by atoms with van der Waals surface area (Å²) < 4.78 is 5.15. The summed E-state index contributed by atoms with van der Waals surface area (Å²) in [7, 11) is 0. The Morgan fingerprint density at radius 1 is 1.20 bits per heavy atom. The first-order valence-corrected chi connectivity index (χ1v) is 7.72. The molecule has 2 N–H and O–H groups in total. The summed E-state index contributed by atoms with van der Waals surface area (Å²) in [5, 5.41) is 6.32. The van der Waals surface area contributed by atoms with Crippen LogP contribution < -0.4 is 15.6 Å². The molecule has 0 saturated heterocycles. The molecule has 3 rings (SSSR count). The molecule has 25 heavy (non-hydrogen) atoms. The van der Waals surface area contributed by atoms with Crippen molar-refractivity contribution >= 4 is 40.8 Å². The van der Waals surface area contributed by atoms with Gasteiger partial charge in [-0.05, 0) is 19.1 Å². The number of rotatable bonds is 3. The molecule has 0 bridgehead atoms. The Bertz CT molecular complexity index is 788. The average molecular weight is 344 g/mol. The second-order valence-electron chi connectivity index (χ2n) is 5.63. The number of carbonyl (C=O) groups excluding carboxylic acids is 4. The molecule has 1 atom stereocenters. The van der Waals surface area contributed by atoms with E-state index in [2.05, 4.69) is 15.8 Å². The largest absolute Gasteiger partial charge is 0.448 e. The smallest absolute Gasteiger partial charge is 0.355 e. The van der Waals surface area contributed by atoms with E-state index in [1.165, 1.54) is 11.8 Å². The van der Waals surface area contributed by atoms with E-state index in [0.717, 1.165) is 0 Å². The number of para-hydroxylation sites is 2. The van der Waals surface area contributed by atoms with Crippen molar-refractivity contribution in [2.24, 2.45) is 5.10 Å². The standard InChI is InChI=1S/C16H16N4O5/c1-9(25-16(24)11-6-7-13(21)19-18-11)15(23)20-8-14(22)17-10-4-2-3-5-12(10)20/h2-5,9H,6-8H2,1H3,(H,17,22)(H,19,21)/t9-/m0/s1. The highest BCUT2D eigenvalue weighted by Crippen LogP contribution is 2.29. The highest BCUT2D eigenvalue weighted by atomic mass is 16.5. The predicted molar refractivity (Wildman–Crippen MR) is 87.8 cm³/mol. The molecule has 0 saturated carbocycles. The van der Waals surface area contributed by atoms with Gasteiger partial charge in [0.25, 0.3) is 5.91 Å². The Hall–Kier alpha value is -3.23. The van der Waals surface area contributed by atoms with Gasteiger partial charge in [0.15, 0.2) is 6.10 Å². The maximum absolute atomic E-state index is 12.6. The zero-order valence-electron chi connectivity index (χ0n) is 13.4. The van der Waals surface area contributed by atoms with Gasteiger partial charge in [0.1, 0.15) is 12.3 Å². The van der Waals surface area contributed by atoms with E-state index >= 15 is 0 Å². The number of nitrogens with one attached hydrogen (secondary N) is 2. The number of hydrazone groups is 1. The Labute approximate surface area is 143 Å². The molecule has 0 unspecified atom stereocenters. The highest BCUT2D eigenvalue weighted by Gasteiger charge is 2.32. The van der Waals surface area contributed by atoms with Crippen molar-refractivity contribution in [3.63, 3.8) is 0 Å². The Kier molecular flexibility index (Phi) is 4.46. The zero-order valence-corrected chi connectivity index (χ0v) is 13.4. The molecule has 0 aromatic heterocycles. The fourth-order valence-corrected chi connectivity index (χ4v) is 2.55. The molecular formula is C16H16N4O5. The number of carbonyl (C=O) groups is 4. The molecule has 2 heterocycles. The van der Waals surface area contributed by atoms with Gasteiger partial charge >= 0.3 is 5.97 Å². The van der Waals surface area contributed by atoms with E-state index in [9.17, 15) is 19.2 Å². The van der Waals surface area contributed by atoms with Gasteiger partial charge in [0.2, 0.25) is 11.8 Å². The van der Waals surface area contributed by atoms with E-state index < -0.39 is 18.0 Å². The third-order valence-electron chi connectivity index (χ3n) is 3.81. The fourth-order valence-electron chi connectivity index (χ4n) is 2.55. The first-order chi connectivity index (χ1) is 12.0. The van der Waals surface area contributed by atoms with Crippen LogP contribution in [0.25, 0.3) is 0 Å². The summed E-state index contributed by atoms with van der Waals surface area (Å²) in [6, 6.07) is 6.86. The minimum Gasteiger partial charge on any atom is -0.448 e. The van der Waals surface area contributed by atoms with Crippen molar-refractivity contribution in [2.45, 2.75) is 25.9 Å². The molecule has 0 fully saturated rings. The van der Waals surface area contributed by atoms with Crippen molar-refractivity contribution in [3.05, 3.63) is 24.3 Å². The maximum Gasteiger partial charge on any atom is 0.355 e. The van der Waals surface area contributed by atoms with E-state index in [-0.39, 0.29) is 36.9 Å². The van der Waals surface area contributed by atoms with Crippen LogP contribution in [-0.4, -0.2) is 42.1 Å². The van der Waals surface area contributed by atoms with Crippen molar-refractivity contribution in [1.29, 1.82) is 0 Å². The number of nitrogens with zero attached hydrogens (tertiary/aromatic N) is 2. The lowest BCUT2D eigenvalue weighted by Gasteiger charge is -2.30. The van der Waals surface area contributed by atoms with Crippen LogP contribution in [0, 0.1) is 0 Å². The van der Waals surface area contributed by atoms with Crippen LogP contribution in [0.1, 0.15) is 19.8 Å². The van der Waals surface area contributed by atoms with Crippen LogP contribution in [0.15, 0.2) is 29.4 Å². The number of hydrogen-bond acceptors (Lipinski definition) is 6. The minimum atomic E-state index is -1.10. The van der Waals surface area contributed by atoms with E-state index in [1.807, 2.05) is 0 Å². The molecule has 130 valence electrons. The summed E-state index contributed by atoms with van der Waals surface area (Å²) in [5.41, 5.74) is 3.31. The maximum atomic E-state index is 12.6. The number of fused-ring (bicyclic) bond motifs is 1. The van der Waals surface area contributed by atoms with Crippen LogP contribution in [0.5, 0.6) is 0 Å². The van der Waals surface area contributed by atoms with Crippen LogP contribution in [-0.2, 0) is 23.9 Å². The summed E-state index contributed by atoms with van der Waals surface area (Å²) >= 11 is 0. The topological polar surface area (TPSA) is 117 Å². The number of hydrogen-bond donors (Lipinski definition) is 2. The summed E-state index contributed by atoms with van der Waals surface area (Å²) in [4.78, 5) is 48.8. The quantitative estimate of drug-likeness (QED) is 0.758. The van der Waals surface area contributed by atoms with E-state index in [1.54, 1.807) is 24.3 Å². The molecule has 2 aliphatic heterocycles. The molecule has 9 heteroatoms. The lowest BCUT2D eigenvalue weighted by atomic mass is 10.1. The first kappa shape index (κ1) is 16.6.